The average Bonchev–Trinajstić information content (AvgIpc) is 2.44. The number of amides is 1. The van der Waals surface area contributed by atoms with E-state index < -0.39 is 31.3 Å². The van der Waals surface area contributed by atoms with Crippen LogP contribution < -0.4 is 11.1 Å². The molecule has 0 unspecified atom stereocenters. The van der Waals surface area contributed by atoms with E-state index >= 15 is 0 Å². The van der Waals surface area contributed by atoms with Crippen molar-refractivity contribution in [1.29, 1.82) is 0 Å². The molecule has 1 aromatic rings. The molecule has 0 aromatic heterocycles. The summed E-state index contributed by atoms with van der Waals surface area (Å²) in [5, 5.41) is 3.01. The third kappa shape index (κ3) is 7.83. The number of alkyl halides is 6. The second kappa shape index (κ2) is 8.50. The Kier molecular flexibility index (Phi) is 7.16. The zero-order chi connectivity index (χ0) is 20.1. The van der Waals surface area contributed by atoms with Crippen molar-refractivity contribution in [2.24, 2.45) is 5.92 Å². The van der Waals surface area contributed by atoms with Crippen LogP contribution in [0.5, 0.6) is 0 Å². The normalized spacial score (nSPS) is 12.3. The molecule has 1 aromatic carbocycles. The van der Waals surface area contributed by atoms with Crippen LogP contribution in [0.15, 0.2) is 18.2 Å². The maximum Gasteiger partial charge on any atom is 0.406 e. The lowest BCUT2D eigenvalue weighted by Gasteiger charge is -2.25. The Morgan fingerprint density at radius 1 is 1.12 bits per heavy atom. The van der Waals surface area contributed by atoms with Gasteiger partial charge in [0.1, 0.15) is 13.1 Å². The molecule has 4 nitrogen and oxygen atoms in total. The number of rotatable bonds is 7. The lowest BCUT2D eigenvalue weighted by molar-refractivity contribution is -0.171. The van der Waals surface area contributed by atoms with Gasteiger partial charge in [0.15, 0.2) is 0 Å². The minimum atomic E-state index is -4.95. The van der Waals surface area contributed by atoms with E-state index in [2.05, 4.69) is 5.32 Å². The summed E-state index contributed by atoms with van der Waals surface area (Å²) in [4.78, 5) is 11.8. The predicted molar refractivity (Wildman–Crippen MR) is 86.8 cm³/mol. The van der Waals surface area contributed by atoms with Crippen LogP contribution in [0.4, 0.5) is 37.7 Å². The number of halogens is 6. The summed E-state index contributed by atoms with van der Waals surface area (Å²) in [6.07, 6.45) is -9.07. The molecule has 26 heavy (non-hydrogen) atoms. The van der Waals surface area contributed by atoms with Gasteiger partial charge in [0.05, 0.1) is 11.4 Å². The smallest absolute Gasteiger partial charge is 0.397 e. The fourth-order valence-corrected chi connectivity index (χ4v) is 2.17. The number of carbonyl (C=O) groups is 1. The molecule has 0 fully saturated rings. The first-order chi connectivity index (χ1) is 11.8. The first-order valence-corrected chi connectivity index (χ1v) is 7.84. The molecule has 0 bridgehead atoms. The SMILES string of the molecule is CC(C)CCNc1ccc(C(=O)N(CC(F)(F)F)CC(F)(F)F)cc1N. The van der Waals surface area contributed by atoms with Crippen molar-refractivity contribution >= 4 is 17.3 Å². The number of carbonyl (C=O) groups excluding carboxylic acids is 1. The van der Waals surface area contributed by atoms with E-state index in [1.54, 1.807) is 0 Å². The van der Waals surface area contributed by atoms with Gasteiger partial charge in [-0.1, -0.05) is 13.8 Å². The van der Waals surface area contributed by atoms with Gasteiger partial charge in [-0.3, -0.25) is 4.79 Å². The highest BCUT2D eigenvalue weighted by Crippen LogP contribution is 2.25. The van der Waals surface area contributed by atoms with E-state index in [1.807, 2.05) is 13.8 Å². The Bertz CT molecular complexity index is 597. The van der Waals surface area contributed by atoms with Gasteiger partial charge in [0.2, 0.25) is 0 Å². The zero-order valence-electron chi connectivity index (χ0n) is 14.3. The van der Waals surface area contributed by atoms with Crippen molar-refractivity contribution in [3.05, 3.63) is 23.8 Å². The molecule has 0 atom stereocenters. The van der Waals surface area contributed by atoms with Crippen molar-refractivity contribution in [2.75, 3.05) is 30.7 Å². The topological polar surface area (TPSA) is 58.4 Å². The number of hydrogen-bond donors (Lipinski definition) is 2. The highest BCUT2D eigenvalue weighted by molar-refractivity contribution is 5.96. The molecule has 0 aliphatic carbocycles. The fraction of sp³-hybridized carbons (Fsp3) is 0.562. The number of benzene rings is 1. The Balaban J connectivity index is 2.95. The molecule has 0 aliphatic heterocycles. The lowest BCUT2D eigenvalue weighted by Crippen LogP contribution is -2.44. The quantitative estimate of drug-likeness (QED) is 0.544. The largest absolute Gasteiger partial charge is 0.406 e. The van der Waals surface area contributed by atoms with Gasteiger partial charge in [-0.05, 0) is 30.5 Å². The van der Waals surface area contributed by atoms with Crippen LogP contribution in [0.25, 0.3) is 0 Å². The van der Waals surface area contributed by atoms with Crippen molar-refractivity contribution in [1.82, 2.24) is 4.90 Å². The Morgan fingerprint density at radius 2 is 1.65 bits per heavy atom. The first kappa shape index (κ1) is 21.9. The van der Waals surface area contributed by atoms with E-state index in [9.17, 15) is 31.1 Å². The fourth-order valence-electron chi connectivity index (χ4n) is 2.17. The minimum absolute atomic E-state index is 0.0681. The van der Waals surface area contributed by atoms with Crippen LogP contribution in [0, 0.1) is 5.92 Å². The molecule has 0 spiro atoms. The van der Waals surface area contributed by atoms with Crippen LogP contribution in [0.1, 0.15) is 30.6 Å². The van der Waals surface area contributed by atoms with Gasteiger partial charge in [-0.2, -0.15) is 26.3 Å². The molecular formula is C16H21F6N3O. The standard InChI is InChI=1S/C16H21F6N3O/c1-10(2)5-6-24-13-4-3-11(7-12(13)23)14(26)25(8-15(17,18)19)9-16(20,21)22/h3-4,7,10,24H,5-6,8-9,23H2,1-2H3. The molecule has 0 aliphatic rings. The first-order valence-electron chi connectivity index (χ1n) is 7.84. The maximum atomic E-state index is 12.5. The third-order valence-corrected chi connectivity index (χ3v) is 3.36. The van der Waals surface area contributed by atoms with Crippen molar-refractivity contribution in [3.8, 4) is 0 Å². The summed E-state index contributed by atoms with van der Waals surface area (Å²) < 4.78 is 75.1. The van der Waals surface area contributed by atoms with Gasteiger partial charge in [-0.15, -0.1) is 0 Å². The van der Waals surface area contributed by atoms with Crippen molar-refractivity contribution in [3.63, 3.8) is 0 Å². The van der Waals surface area contributed by atoms with E-state index in [-0.39, 0.29) is 16.2 Å². The molecule has 1 rings (SSSR count). The van der Waals surface area contributed by atoms with Gasteiger partial charge in [-0.25, -0.2) is 0 Å². The van der Waals surface area contributed by atoms with Crippen LogP contribution in [0.2, 0.25) is 0 Å². The molecule has 10 heteroatoms. The maximum absolute atomic E-state index is 12.5. The molecule has 3 N–H and O–H groups in total. The number of nitrogens with two attached hydrogens (primary N) is 1. The van der Waals surface area contributed by atoms with Crippen LogP contribution in [-0.2, 0) is 0 Å². The van der Waals surface area contributed by atoms with E-state index in [4.69, 9.17) is 5.73 Å². The monoisotopic (exact) mass is 385 g/mol. The number of nitrogens with one attached hydrogen (secondary N) is 1. The summed E-state index contributed by atoms with van der Waals surface area (Å²) in [7, 11) is 0. The van der Waals surface area contributed by atoms with Crippen molar-refractivity contribution in [2.45, 2.75) is 32.6 Å². The Hall–Kier alpha value is -2.13. The van der Waals surface area contributed by atoms with E-state index in [0.29, 0.717) is 18.2 Å². The minimum Gasteiger partial charge on any atom is -0.397 e. The van der Waals surface area contributed by atoms with Crippen LogP contribution in [0.3, 0.4) is 0 Å². The summed E-state index contributed by atoms with van der Waals surface area (Å²) >= 11 is 0. The average molecular weight is 385 g/mol. The summed E-state index contributed by atoms with van der Waals surface area (Å²) in [5.41, 5.74) is 5.94. The van der Waals surface area contributed by atoms with Crippen LogP contribution >= 0.6 is 0 Å². The number of nitrogens with zero attached hydrogens (tertiary/aromatic N) is 1. The van der Waals surface area contributed by atoms with Crippen LogP contribution in [-0.4, -0.2) is 42.8 Å². The molecule has 0 radical (unpaired) electrons. The summed E-state index contributed by atoms with van der Waals surface area (Å²) in [5.74, 6) is -0.956. The second-order valence-corrected chi connectivity index (χ2v) is 6.30. The number of hydrogen-bond acceptors (Lipinski definition) is 3. The number of nitrogen functional groups attached to an aromatic ring is 1. The Labute approximate surface area is 147 Å². The summed E-state index contributed by atoms with van der Waals surface area (Å²) in [6.45, 7) is 0.619. The molecular weight excluding hydrogens is 364 g/mol. The third-order valence-electron chi connectivity index (χ3n) is 3.36. The lowest BCUT2D eigenvalue weighted by atomic mass is 10.1. The predicted octanol–water partition coefficient (Wildman–Crippen LogP) is 4.29. The molecule has 0 saturated carbocycles. The molecule has 1 amide bonds. The highest BCUT2D eigenvalue weighted by Gasteiger charge is 2.39. The van der Waals surface area contributed by atoms with Crippen molar-refractivity contribution < 1.29 is 31.1 Å². The van der Waals surface area contributed by atoms with E-state index in [1.165, 1.54) is 6.07 Å². The molecule has 0 heterocycles. The van der Waals surface area contributed by atoms with Gasteiger partial charge >= 0.3 is 12.4 Å². The van der Waals surface area contributed by atoms with Gasteiger partial charge < -0.3 is 16.0 Å². The van der Waals surface area contributed by atoms with Gasteiger partial charge in [0, 0.05) is 12.1 Å². The zero-order valence-corrected chi connectivity index (χ0v) is 14.3. The van der Waals surface area contributed by atoms with E-state index in [0.717, 1.165) is 18.6 Å². The molecule has 0 saturated heterocycles. The Morgan fingerprint density at radius 3 is 2.08 bits per heavy atom. The second-order valence-electron chi connectivity index (χ2n) is 6.30. The van der Waals surface area contributed by atoms with Gasteiger partial charge in [0.25, 0.3) is 5.91 Å². The number of anilines is 2. The molecule has 148 valence electrons. The summed E-state index contributed by atoms with van der Waals surface area (Å²) in [6, 6.07) is 3.58. The highest BCUT2D eigenvalue weighted by atomic mass is 19.4.